The molecule has 18 heteroatoms. The fourth-order valence-corrected chi connectivity index (χ4v) is 7.97. The largest absolute Gasteiger partial charge is 0.481 e. The fourth-order valence-electron chi connectivity index (χ4n) is 7.97. The summed E-state index contributed by atoms with van der Waals surface area (Å²) in [5.74, 6) is -6.83. The summed E-state index contributed by atoms with van der Waals surface area (Å²) in [6, 6.07) is -1.15. The van der Waals surface area contributed by atoms with Crippen LogP contribution in [-0.4, -0.2) is 166 Å². The zero-order chi connectivity index (χ0) is 48.4. The molecule has 18 nitrogen and oxygen atoms in total. The number of allylic oxidation sites excluding steroid dienone is 12. The van der Waals surface area contributed by atoms with Crippen molar-refractivity contribution in [3.05, 3.63) is 85.1 Å². The van der Waals surface area contributed by atoms with Crippen molar-refractivity contribution in [1.29, 1.82) is 0 Å². The molecule has 0 saturated carbocycles. The number of cyclic esters (lactones) is 1. The first-order valence-electron chi connectivity index (χ1n) is 22.3. The monoisotopic (exact) mass is 923 g/mol. The molecule has 2 fully saturated rings. The second-order valence-corrected chi connectivity index (χ2v) is 17.6. The molecule has 1 unspecified atom stereocenters. The molecule has 368 valence electrons. The second-order valence-electron chi connectivity index (χ2n) is 17.6. The van der Waals surface area contributed by atoms with E-state index in [4.69, 9.17) is 24.7 Å². The van der Waals surface area contributed by atoms with E-state index >= 15 is 0 Å². The van der Waals surface area contributed by atoms with Crippen LogP contribution >= 0.6 is 0 Å². The minimum Gasteiger partial charge on any atom is -0.481 e. The van der Waals surface area contributed by atoms with E-state index in [-0.39, 0.29) is 31.6 Å². The number of ether oxygens (including phenoxy) is 4. The van der Waals surface area contributed by atoms with Crippen molar-refractivity contribution in [2.45, 2.75) is 177 Å². The molecule has 13 N–H and O–H groups in total. The highest BCUT2D eigenvalue weighted by Gasteiger charge is 2.51. The molecule has 3 rings (SSSR count). The van der Waals surface area contributed by atoms with E-state index < -0.39 is 147 Å². The van der Waals surface area contributed by atoms with Crippen LogP contribution in [0.5, 0.6) is 0 Å². The van der Waals surface area contributed by atoms with Gasteiger partial charge in [-0.2, -0.15) is 0 Å². The number of aliphatic hydroxyl groups excluding tert-OH is 9. The van der Waals surface area contributed by atoms with Gasteiger partial charge in [-0.1, -0.05) is 98.9 Å². The first-order valence-corrected chi connectivity index (χ1v) is 22.3. The molecule has 2 bridgehead atoms. The maximum Gasteiger partial charge on any atom is 0.311 e. The van der Waals surface area contributed by atoms with Gasteiger partial charge in [0, 0.05) is 37.5 Å². The van der Waals surface area contributed by atoms with Crippen LogP contribution in [0.2, 0.25) is 0 Å². The third-order valence-electron chi connectivity index (χ3n) is 12.0. The molecule has 0 aromatic rings. The molecular weight excluding hydrogens is 851 g/mol. The highest BCUT2D eigenvalue weighted by atomic mass is 16.7. The highest BCUT2D eigenvalue weighted by molar-refractivity contribution is 5.71. The van der Waals surface area contributed by atoms with Crippen molar-refractivity contribution < 1.29 is 84.7 Å². The van der Waals surface area contributed by atoms with E-state index in [0.717, 1.165) is 0 Å². The second kappa shape index (κ2) is 27.4. The Labute approximate surface area is 381 Å². The molecule has 0 amide bonds. The fraction of sp³-hybridized carbons (Fsp3) is 0.660. The van der Waals surface area contributed by atoms with Crippen LogP contribution in [0.25, 0.3) is 0 Å². The SMILES string of the molecule is C[C@@H]1[C@H](O)[C@@H](C)/C=C/C=C/C=C/C=C/C=C/C=C/C=C/[C@H](O[C@@H]2O[C@H](C)[C@@H](O)[C@H](N)[C@H]2O)CC2O[C@](O)(C[C@@H](O)C[C@@H](O)[C@H](O)CC[C@@H](O)C[C@@H](O)CC(=O)O[C@H]1C)C[C@H](O)[C@H]2C(=O)O. The highest BCUT2D eigenvalue weighted by Crippen LogP contribution is 2.38. The number of rotatable bonds is 3. The molecule has 0 aromatic heterocycles. The van der Waals surface area contributed by atoms with Crippen molar-refractivity contribution in [3.63, 3.8) is 0 Å². The zero-order valence-corrected chi connectivity index (χ0v) is 37.6. The van der Waals surface area contributed by atoms with Crippen molar-refractivity contribution in [2.24, 2.45) is 23.5 Å². The molecule has 3 aliphatic heterocycles. The van der Waals surface area contributed by atoms with Crippen LogP contribution < -0.4 is 5.73 Å². The molecule has 3 aliphatic rings. The third kappa shape index (κ3) is 18.6. The van der Waals surface area contributed by atoms with Gasteiger partial charge in [0.05, 0.1) is 79.6 Å². The Kier molecular flexibility index (Phi) is 23.6. The van der Waals surface area contributed by atoms with Gasteiger partial charge in [0.25, 0.3) is 0 Å². The standard InChI is InChI=1S/C47H73NO17/c1-27-17-15-13-11-9-7-5-6-8-10-12-14-16-18-34(64-46-44(58)41(48)43(57)30(4)63-46)24-38-40(45(59)60)37(54)26-47(61,65-38)25-33(51)22-36(53)35(52)20-19-31(49)21-32(50)23-39(55)62-29(3)28(2)42(27)56/h5-18,27-38,40-44,46,49-54,56-58,61H,19-26,48H2,1-4H3,(H,59,60)/b6-5+,9-7+,10-8+,13-11+,14-12+,17-15+,18-16+/t27-,28-,29-,30+,31+,32+,33-,34-,35+,36+,37-,38?,40+,41-,42+,43+,44+,46-,47+/m0/s1. The smallest absolute Gasteiger partial charge is 0.311 e. The number of nitrogens with two attached hydrogens (primary N) is 1. The van der Waals surface area contributed by atoms with Crippen molar-refractivity contribution >= 4 is 11.9 Å². The molecule has 0 aliphatic carbocycles. The first-order chi connectivity index (χ1) is 30.6. The summed E-state index contributed by atoms with van der Waals surface area (Å²) in [7, 11) is 0. The van der Waals surface area contributed by atoms with Crippen molar-refractivity contribution in [2.75, 3.05) is 0 Å². The maximum absolute atomic E-state index is 12.6. The Morgan fingerprint density at radius 2 is 1.23 bits per heavy atom. The number of aliphatic hydroxyl groups is 10. The molecule has 2 saturated heterocycles. The van der Waals surface area contributed by atoms with Crippen LogP contribution in [0.4, 0.5) is 0 Å². The van der Waals surface area contributed by atoms with Gasteiger partial charge in [-0.15, -0.1) is 0 Å². The Hall–Kier alpha value is -3.44. The number of hydrogen-bond acceptors (Lipinski definition) is 17. The summed E-state index contributed by atoms with van der Waals surface area (Å²) in [5, 5.41) is 118. The Balaban J connectivity index is 1.86. The van der Waals surface area contributed by atoms with Crippen LogP contribution in [0.3, 0.4) is 0 Å². The summed E-state index contributed by atoms with van der Waals surface area (Å²) in [6.45, 7) is 6.74. The van der Waals surface area contributed by atoms with Crippen molar-refractivity contribution in [1.82, 2.24) is 0 Å². The van der Waals surface area contributed by atoms with Crippen molar-refractivity contribution in [3.8, 4) is 0 Å². The summed E-state index contributed by atoms with van der Waals surface area (Å²) < 4.78 is 23.1. The molecule has 3 heterocycles. The third-order valence-corrected chi connectivity index (χ3v) is 12.0. The molecule has 0 radical (unpaired) electrons. The predicted octanol–water partition coefficient (Wildman–Crippen LogP) is 0.712. The lowest BCUT2D eigenvalue weighted by molar-refractivity contribution is -0.308. The average Bonchev–Trinajstić information content (AvgIpc) is 3.21. The molecule has 0 spiro atoms. The Morgan fingerprint density at radius 1 is 0.662 bits per heavy atom. The van der Waals surface area contributed by atoms with Gasteiger partial charge >= 0.3 is 11.9 Å². The minimum atomic E-state index is -2.33. The number of fused-ring (bicyclic) bond motifs is 2. The number of carbonyl (C=O) groups excluding carboxylic acids is 1. The lowest BCUT2D eigenvalue weighted by Crippen LogP contribution is -2.61. The number of carboxylic acid groups (broad SMARTS) is 1. The van der Waals surface area contributed by atoms with Crippen LogP contribution in [0, 0.1) is 17.8 Å². The summed E-state index contributed by atoms with van der Waals surface area (Å²) in [5.41, 5.74) is 6.02. The van der Waals surface area contributed by atoms with Crippen LogP contribution in [0.15, 0.2) is 85.1 Å². The average molecular weight is 924 g/mol. The van der Waals surface area contributed by atoms with Gasteiger partial charge < -0.3 is 80.9 Å². The van der Waals surface area contributed by atoms with E-state index in [1.54, 1.807) is 80.7 Å². The van der Waals surface area contributed by atoms with E-state index in [9.17, 15) is 65.8 Å². The molecule has 0 aromatic carbocycles. The van der Waals surface area contributed by atoms with Gasteiger partial charge in [0.1, 0.15) is 18.1 Å². The summed E-state index contributed by atoms with van der Waals surface area (Å²) >= 11 is 0. The Bertz CT molecular complexity index is 1670. The van der Waals surface area contributed by atoms with E-state index in [0.29, 0.717) is 0 Å². The summed E-state index contributed by atoms with van der Waals surface area (Å²) in [6.07, 6.45) is 3.46. The van der Waals surface area contributed by atoms with Gasteiger partial charge in [-0.3, -0.25) is 9.59 Å². The molecule has 65 heavy (non-hydrogen) atoms. The quantitative estimate of drug-likeness (QED) is 0.174. The minimum absolute atomic E-state index is 0.107. The van der Waals surface area contributed by atoms with Gasteiger partial charge in [0.2, 0.25) is 0 Å². The van der Waals surface area contributed by atoms with E-state index in [2.05, 4.69) is 0 Å². The van der Waals surface area contributed by atoms with Gasteiger partial charge in [-0.05, 0) is 33.1 Å². The number of carboxylic acids is 1. The Morgan fingerprint density at radius 3 is 1.82 bits per heavy atom. The maximum atomic E-state index is 12.6. The predicted molar refractivity (Wildman–Crippen MR) is 237 cm³/mol. The number of hydrogen-bond donors (Lipinski definition) is 12. The van der Waals surface area contributed by atoms with Crippen LogP contribution in [0.1, 0.15) is 79.1 Å². The number of carbonyl (C=O) groups is 2. The van der Waals surface area contributed by atoms with Gasteiger partial charge in [0.15, 0.2) is 12.1 Å². The first kappa shape index (κ1) is 55.9. The van der Waals surface area contributed by atoms with Crippen LogP contribution in [-0.2, 0) is 28.5 Å². The topological polar surface area (TPSA) is 320 Å². The number of aliphatic carboxylic acids is 1. The summed E-state index contributed by atoms with van der Waals surface area (Å²) in [4.78, 5) is 25.1. The van der Waals surface area contributed by atoms with Gasteiger partial charge in [-0.25, -0.2) is 0 Å². The lowest BCUT2D eigenvalue weighted by atomic mass is 9.82. The van der Waals surface area contributed by atoms with E-state index in [1.165, 1.54) is 13.0 Å². The molecule has 19 atom stereocenters. The zero-order valence-electron chi connectivity index (χ0n) is 37.6. The van der Waals surface area contributed by atoms with E-state index in [1.807, 2.05) is 19.1 Å². The molecular formula is C47H73NO17. The lowest BCUT2D eigenvalue weighted by Gasteiger charge is -2.45. The normalized spacial score (nSPS) is 45.5. The number of esters is 1.